The van der Waals surface area contributed by atoms with Crippen molar-refractivity contribution >= 4 is 34.8 Å². The molecule has 7 heteroatoms. The first-order chi connectivity index (χ1) is 16.1. The molecule has 6 nitrogen and oxygen atoms in total. The minimum absolute atomic E-state index is 0.0827. The molecule has 0 aliphatic carbocycles. The summed E-state index contributed by atoms with van der Waals surface area (Å²) in [5.74, 6) is -0.0521. The first-order valence-corrected chi connectivity index (χ1v) is 10.8. The predicted molar refractivity (Wildman–Crippen MR) is 135 cm³/mol. The van der Waals surface area contributed by atoms with Crippen molar-refractivity contribution in [3.05, 3.63) is 108 Å². The maximum absolute atomic E-state index is 12.7. The summed E-state index contributed by atoms with van der Waals surface area (Å²) in [6, 6.07) is 23.8. The normalized spacial score (nSPS) is 10.1. The molecular weight excluding hydrogens is 434 g/mol. The molecule has 3 aromatic carbocycles. The van der Waals surface area contributed by atoms with E-state index in [4.69, 9.17) is 17.0 Å². The van der Waals surface area contributed by atoms with E-state index in [2.05, 4.69) is 22.5 Å². The smallest absolute Gasteiger partial charge is 0.257 e. The Kier molecular flexibility index (Phi) is 8.73. The molecule has 3 aromatic rings. The molecule has 33 heavy (non-hydrogen) atoms. The summed E-state index contributed by atoms with van der Waals surface area (Å²) in [4.78, 5) is 25.0. The molecule has 168 valence electrons. The van der Waals surface area contributed by atoms with E-state index in [1.807, 2.05) is 30.3 Å². The molecule has 0 atom stereocenters. The summed E-state index contributed by atoms with van der Waals surface area (Å²) in [7, 11) is 0. The summed E-state index contributed by atoms with van der Waals surface area (Å²) < 4.78 is 5.80. The molecule has 2 amide bonds. The molecule has 0 heterocycles. The number of hydrogen-bond acceptors (Lipinski definition) is 4. The van der Waals surface area contributed by atoms with Crippen LogP contribution >= 0.6 is 12.2 Å². The number of benzene rings is 3. The van der Waals surface area contributed by atoms with Gasteiger partial charge in [0.2, 0.25) is 0 Å². The highest BCUT2D eigenvalue weighted by molar-refractivity contribution is 7.80. The van der Waals surface area contributed by atoms with E-state index >= 15 is 0 Å². The van der Waals surface area contributed by atoms with Gasteiger partial charge in [-0.05, 0) is 48.1 Å². The Balaban J connectivity index is 1.57. The topological polar surface area (TPSA) is 79.5 Å². The van der Waals surface area contributed by atoms with Crippen LogP contribution in [0.25, 0.3) is 0 Å². The van der Waals surface area contributed by atoms with Crippen LogP contribution in [0.4, 0.5) is 5.69 Å². The summed E-state index contributed by atoms with van der Waals surface area (Å²) in [6.45, 7) is 4.43. The van der Waals surface area contributed by atoms with Gasteiger partial charge in [-0.25, -0.2) is 0 Å². The van der Waals surface area contributed by atoms with Gasteiger partial charge in [-0.2, -0.15) is 0 Å². The van der Waals surface area contributed by atoms with Crippen molar-refractivity contribution < 1.29 is 14.3 Å². The van der Waals surface area contributed by atoms with E-state index < -0.39 is 0 Å². The SMILES string of the molecule is C=CCNC(=O)c1ccccc1NC(=S)NC(=O)c1cccc(OCCc2ccccc2)c1. The van der Waals surface area contributed by atoms with Crippen molar-refractivity contribution in [3.63, 3.8) is 0 Å². The van der Waals surface area contributed by atoms with Crippen molar-refractivity contribution in [2.45, 2.75) is 6.42 Å². The number of amides is 2. The van der Waals surface area contributed by atoms with Gasteiger partial charge in [0.05, 0.1) is 17.9 Å². The summed E-state index contributed by atoms with van der Waals surface area (Å²) in [5.41, 5.74) is 2.49. The molecule has 0 bridgehead atoms. The van der Waals surface area contributed by atoms with Crippen LogP contribution in [0.1, 0.15) is 26.3 Å². The van der Waals surface area contributed by atoms with Crippen LogP contribution in [-0.2, 0) is 6.42 Å². The summed E-state index contributed by atoms with van der Waals surface area (Å²) >= 11 is 5.28. The second kappa shape index (κ2) is 12.2. The van der Waals surface area contributed by atoms with Gasteiger partial charge in [0.1, 0.15) is 5.75 Å². The summed E-state index contributed by atoms with van der Waals surface area (Å²) in [5, 5.41) is 8.36. The molecule has 0 saturated heterocycles. The third kappa shape index (κ3) is 7.29. The number of hydrogen-bond donors (Lipinski definition) is 3. The summed E-state index contributed by atoms with van der Waals surface area (Å²) in [6.07, 6.45) is 2.36. The molecule has 3 rings (SSSR count). The fourth-order valence-electron chi connectivity index (χ4n) is 3.04. The zero-order chi connectivity index (χ0) is 23.5. The zero-order valence-electron chi connectivity index (χ0n) is 18.0. The number of nitrogens with one attached hydrogen (secondary N) is 3. The Morgan fingerprint density at radius 2 is 1.70 bits per heavy atom. The molecule has 0 aliphatic rings. The highest BCUT2D eigenvalue weighted by atomic mass is 32.1. The van der Waals surface area contributed by atoms with E-state index in [0.717, 1.165) is 6.42 Å². The number of para-hydroxylation sites is 1. The lowest BCUT2D eigenvalue weighted by atomic mass is 10.1. The Labute approximate surface area is 198 Å². The van der Waals surface area contributed by atoms with E-state index in [0.29, 0.717) is 35.7 Å². The fraction of sp³-hybridized carbons (Fsp3) is 0.115. The zero-order valence-corrected chi connectivity index (χ0v) is 18.9. The predicted octanol–water partition coefficient (Wildman–Crippen LogP) is 4.35. The average Bonchev–Trinajstić information content (AvgIpc) is 2.83. The van der Waals surface area contributed by atoms with Crippen LogP contribution < -0.4 is 20.7 Å². The third-order valence-corrected chi connectivity index (χ3v) is 4.86. The second-order valence-electron chi connectivity index (χ2n) is 7.06. The Bertz CT molecular complexity index is 1130. The first kappa shape index (κ1) is 23.7. The number of ether oxygens (including phenoxy) is 1. The van der Waals surface area contributed by atoms with Gasteiger partial charge in [0.15, 0.2) is 5.11 Å². The Morgan fingerprint density at radius 1 is 0.939 bits per heavy atom. The largest absolute Gasteiger partial charge is 0.493 e. The van der Waals surface area contributed by atoms with Crippen LogP contribution in [0.15, 0.2) is 91.5 Å². The van der Waals surface area contributed by atoms with Crippen LogP contribution in [-0.4, -0.2) is 30.1 Å². The molecule has 0 saturated carbocycles. The highest BCUT2D eigenvalue weighted by Crippen LogP contribution is 2.16. The van der Waals surface area contributed by atoms with Crippen molar-refractivity contribution in [1.82, 2.24) is 10.6 Å². The Hall–Kier alpha value is -3.97. The van der Waals surface area contributed by atoms with Crippen molar-refractivity contribution in [3.8, 4) is 5.75 Å². The lowest BCUT2D eigenvalue weighted by Gasteiger charge is -2.13. The van der Waals surface area contributed by atoms with Gasteiger partial charge in [-0.15, -0.1) is 6.58 Å². The molecule has 0 aliphatic heterocycles. The van der Waals surface area contributed by atoms with E-state index in [1.165, 1.54) is 5.56 Å². The van der Waals surface area contributed by atoms with Crippen LogP contribution in [0.3, 0.4) is 0 Å². The van der Waals surface area contributed by atoms with E-state index in [9.17, 15) is 9.59 Å². The minimum Gasteiger partial charge on any atom is -0.493 e. The molecule has 3 N–H and O–H groups in total. The van der Waals surface area contributed by atoms with Gasteiger partial charge >= 0.3 is 0 Å². The van der Waals surface area contributed by atoms with Gasteiger partial charge in [0.25, 0.3) is 11.8 Å². The lowest BCUT2D eigenvalue weighted by molar-refractivity contribution is 0.0956. The van der Waals surface area contributed by atoms with Crippen molar-refractivity contribution in [2.24, 2.45) is 0 Å². The molecule has 0 aromatic heterocycles. The number of carbonyl (C=O) groups is 2. The maximum atomic E-state index is 12.7. The van der Waals surface area contributed by atoms with Crippen molar-refractivity contribution in [1.29, 1.82) is 0 Å². The third-order valence-electron chi connectivity index (χ3n) is 4.65. The fourth-order valence-corrected chi connectivity index (χ4v) is 3.24. The minimum atomic E-state index is -0.380. The van der Waals surface area contributed by atoms with Crippen LogP contribution in [0.2, 0.25) is 0 Å². The van der Waals surface area contributed by atoms with Crippen LogP contribution in [0, 0.1) is 0 Å². The molecule has 0 fully saturated rings. The molecule has 0 spiro atoms. The second-order valence-corrected chi connectivity index (χ2v) is 7.47. The Morgan fingerprint density at radius 3 is 2.48 bits per heavy atom. The monoisotopic (exact) mass is 459 g/mol. The van der Waals surface area contributed by atoms with Gasteiger partial charge in [-0.3, -0.25) is 14.9 Å². The molecule has 0 radical (unpaired) electrons. The number of anilines is 1. The standard InChI is InChI=1S/C26H25N3O3S/c1-2-16-27-25(31)22-13-6-7-14-23(22)28-26(33)29-24(30)20-11-8-12-21(18-20)32-17-15-19-9-4-3-5-10-19/h2-14,18H,1,15-17H2,(H,27,31)(H2,28,29,30,33). The van der Waals surface area contributed by atoms with E-state index in [1.54, 1.807) is 54.6 Å². The number of thiocarbonyl (C=S) groups is 1. The quantitative estimate of drug-likeness (QED) is 0.328. The highest BCUT2D eigenvalue weighted by Gasteiger charge is 2.13. The maximum Gasteiger partial charge on any atom is 0.257 e. The number of rotatable bonds is 9. The molecular formula is C26H25N3O3S. The first-order valence-electron chi connectivity index (χ1n) is 10.4. The van der Waals surface area contributed by atoms with Gasteiger partial charge in [-0.1, -0.05) is 54.6 Å². The lowest BCUT2D eigenvalue weighted by Crippen LogP contribution is -2.35. The van der Waals surface area contributed by atoms with Gasteiger partial charge < -0.3 is 15.4 Å². The van der Waals surface area contributed by atoms with Crippen molar-refractivity contribution in [2.75, 3.05) is 18.5 Å². The van der Waals surface area contributed by atoms with Gasteiger partial charge in [0, 0.05) is 18.5 Å². The number of carbonyl (C=O) groups excluding carboxylic acids is 2. The van der Waals surface area contributed by atoms with E-state index in [-0.39, 0.29) is 16.9 Å². The average molecular weight is 460 g/mol. The molecule has 0 unspecified atom stereocenters. The van der Waals surface area contributed by atoms with Crippen LogP contribution in [0.5, 0.6) is 5.75 Å².